The Labute approximate surface area is 132 Å². The quantitative estimate of drug-likeness (QED) is 0.866. The summed E-state index contributed by atoms with van der Waals surface area (Å²) in [4.78, 5) is 12.7. The van der Waals surface area contributed by atoms with Gasteiger partial charge in [-0.05, 0) is 47.3 Å². The predicted octanol–water partition coefficient (Wildman–Crippen LogP) is 3.27. The number of rotatable bonds is 3. The highest BCUT2D eigenvalue weighted by Crippen LogP contribution is 2.27. The van der Waals surface area contributed by atoms with Crippen LogP contribution >= 0.6 is 15.9 Å². The number of hydrogen-bond acceptors (Lipinski definition) is 3. The van der Waals surface area contributed by atoms with Crippen molar-refractivity contribution in [1.29, 1.82) is 0 Å². The van der Waals surface area contributed by atoms with Gasteiger partial charge in [-0.15, -0.1) is 0 Å². The summed E-state index contributed by atoms with van der Waals surface area (Å²) in [6.45, 7) is 2.92. The highest BCUT2D eigenvalue weighted by molar-refractivity contribution is 9.10. The van der Waals surface area contributed by atoms with Gasteiger partial charge in [-0.2, -0.15) is 5.10 Å². The molecule has 21 heavy (non-hydrogen) atoms. The second kappa shape index (κ2) is 5.64. The number of aromatic nitrogens is 2. The summed E-state index contributed by atoms with van der Waals surface area (Å²) in [5.74, 6) is 0.152. The smallest absolute Gasteiger partial charge is 0.169 e. The third-order valence-electron chi connectivity index (χ3n) is 3.99. The molecule has 5 heteroatoms. The minimum Gasteiger partial charge on any atom is -0.385 e. The topological polar surface area (TPSA) is 46.9 Å². The van der Waals surface area contributed by atoms with Crippen molar-refractivity contribution in [2.45, 2.75) is 26.2 Å². The van der Waals surface area contributed by atoms with Gasteiger partial charge in [-0.3, -0.25) is 9.48 Å². The SMILES string of the molecule is Cc1nn(C)c(CC(=O)c2cccc3c2CCCN3)c1Br. The Kier molecular flexibility index (Phi) is 3.85. The predicted molar refractivity (Wildman–Crippen MR) is 86.9 cm³/mol. The van der Waals surface area contributed by atoms with Crippen molar-refractivity contribution in [2.24, 2.45) is 7.05 Å². The molecule has 1 aliphatic rings. The Bertz CT molecular complexity index is 706. The van der Waals surface area contributed by atoms with E-state index >= 15 is 0 Å². The Morgan fingerprint density at radius 2 is 2.29 bits per heavy atom. The lowest BCUT2D eigenvalue weighted by molar-refractivity contribution is 0.0989. The summed E-state index contributed by atoms with van der Waals surface area (Å²) in [5.41, 5.74) is 4.94. The molecule has 0 radical (unpaired) electrons. The molecule has 3 rings (SSSR count). The van der Waals surface area contributed by atoms with Gasteiger partial charge in [0.25, 0.3) is 0 Å². The number of aryl methyl sites for hydroxylation is 2. The molecule has 4 nitrogen and oxygen atoms in total. The van der Waals surface area contributed by atoms with Crippen LogP contribution < -0.4 is 5.32 Å². The van der Waals surface area contributed by atoms with E-state index in [9.17, 15) is 4.79 Å². The summed E-state index contributed by atoms with van der Waals surface area (Å²) < 4.78 is 2.71. The van der Waals surface area contributed by atoms with E-state index in [1.807, 2.05) is 26.1 Å². The van der Waals surface area contributed by atoms with Crippen LogP contribution in [0.15, 0.2) is 22.7 Å². The van der Waals surface area contributed by atoms with Crippen LogP contribution in [0.1, 0.15) is 33.7 Å². The largest absolute Gasteiger partial charge is 0.385 e. The van der Waals surface area contributed by atoms with E-state index in [0.29, 0.717) is 6.42 Å². The number of benzene rings is 1. The maximum absolute atomic E-state index is 12.7. The van der Waals surface area contributed by atoms with Crippen molar-refractivity contribution in [2.75, 3.05) is 11.9 Å². The van der Waals surface area contributed by atoms with Gasteiger partial charge >= 0.3 is 0 Å². The van der Waals surface area contributed by atoms with Crippen molar-refractivity contribution < 1.29 is 4.79 Å². The summed E-state index contributed by atoms with van der Waals surface area (Å²) in [7, 11) is 1.88. The van der Waals surface area contributed by atoms with Gasteiger partial charge in [0.05, 0.1) is 22.3 Å². The molecule has 1 aliphatic heterocycles. The maximum atomic E-state index is 12.7. The van der Waals surface area contributed by atoms with E-state index in [0.717, 1.165) is 52.1 Å². The van der Waals surface area contributed by atoms with Crippen LogP contribution in [-0.2, 0) is 19.9 Å². The standard InChI is InChI=1S/C16H18BrN3O/c1-10-16(17)14(20(2)19-10)9-15(21)12-5-3-7-13-11(12)6-4-8-18-13/h3,5,7,18H,4,6,8-9H2,1-2H3. The molecular formula is C16H18BrN3O. The van der Waals surface area contributed by atoms with Crippen LogP contribution in [0.25, 0.3) is 0 Å². The Hall–Kier alpha value is -1.62. The molecule has 0 bridgehead atoms. The zero-order valence-corrected chi connectivity index (χ0v) is 13.8. The van der Waals surface area contributed by atoms with Crippen LogP contribution in [0.3, 0.4) is 0 Å². The fraction of sp³-hybridized carbons (Fsp3) is 0.375. The van der Waals surface area contributed by atoms with Crippen molar-refractivity contribution >= 4 is 27.4 Å². The zero-order valence-electron chi connectivity index (χ0n) is 12.2. The molecule has 0 saturated heterocycles. The minimum atomic E-state index is 0.152. The molecule has 2 heterocycles. The molecule has 1 N–H and O–H groups in total. The Morgan fingerprint density at radius 3 is 3.00 bits per heavy atom. The van der Waals surface area contributed by atoms with E-state index in [2.05, 4.69) is 32.4 Å². The van der Waals surface area contributed by atoms with Crippen LogP contribution in [0, 0.1) is 6.92 Å². The van der Waals surface area contributed by atoms with E-state index < -0.39 is 0 Å². The Morgan fingerprint density at radius 1 is 1.48 bits per heavy atom. The first-order valence-corrected chi connectivity index (χ1v) is 7.94. The van der Waals surface area contributed by atoms with Crippen LogP contribution in [-0.4, -0.2) is 22.1 Å². The van der Waals surface area contributed by atoms with Crippen LogP contribution in [0.4, 0.5) is 5.69 Å². The van der Waals surface area contributed by atoms with Crippen LogP contribution in [0.5, 0.6) is 0 Å². The van der Waals surface area contributed by atoms with Crippen molar-refractivity contribution in [3.63, 3.8) is 0 Å². The van der Waals surface area contributed by atoms with Crippen molar-refractivity contribution in [1.82, 2.24) is 9.78 Å². The number of hydrogen-bond donors (Lipinski definition) is 1. The lowest BCUT2D eigenvalue weighted by Gasteiger charge is -2.20. The van der Waals surface area contributed by atoms with Crippen molar-refractivity contribution in [3.8, 4) is 0 Å². The Balaban J connectivity index is 1.93. The second-order valence-electron chi connectivity index (χ2n) is 5.43. The van der Waals surface area contributed by atoms with E-state index in [-0.39, 0.29) is 5.78 Å². The fourth-order valence-electron chi connectivity index (χ4n) is 2.89. The lowest BCUT2D eigenvalue weighted by atomic mass is 9.93. The summed E-state index contributed by atoms with van der Waals surface area (Å²) in [6, 6.07) is 5.94. The number of halogens is 1. The van der Waals surface area contributed by atoms with Gasteiger partial charge in [-0.1, -0.05) is 12.1 Å². The molecule has 110 valence electrons. The highest BCUT2D eigenvalue weighted by atomic mass is 79.9. The first kappa shape index (κ1) is 14.3. The van der Waals surface area contributed by atoms with Gasteiger partial charge in [0.2, 0.25) is 0 Å². The van der Waals surface area contributed by atoms with Gasteiger partial charge in [0.1, 0.15) is 0 Å². The third kappa shape index (κ3) is 2.62. The molecular weight excluding hydrogens is 330 g/mol. The van der Waals surface area contributed by atoms with Gasteiger partial charge in [-0.25, -0.2) is 0 Å². The minimum absolute atomic E-state index is 0.152. The normalized spacial score (nSPS) is 13.7. The first-order chi connectivity index (χ1) is 10.1. The lowest BCUT2D eigenvalue weighted by Crippen LogP contribution is -2.17. The molecule has 0 spiro atoms. The number of fused-ring (bicyclic) bond motifs is 1. The van der Waals surface area contributed by atoms with E-state index in [1.165, 1.54) is 0 Å². The summed E-state index contributed by atoms with van der Waals surface area (Å²) in [5, 5.41) is 7.72. The molecule has 0 aliphatic carbocycles. The average Bonchev–Trinajstić information content (AvgIpc) is 2.73. The second-order valence-corrected chi connectivity index (χ2v) is 6.22. The van der Waals surface area contributed by atoms with Gasteiger partial charge < -0.3 is 5.32 Å². The molecule has 0 fully saturated rings. The summed E-state index contributed by atoms with van der Waals surface area (Å²) >= 11 is 3.53. The maximum Gasteiger partial charge on any atom is 0.169 e. The molecule has 0 unspecified atom stereocenters. The monoisotopic (exact) mass is 347 g/mol. The third-order valence-corrected chi connectivity index (χ3v) is 5.02. The van der Waals surface area contributed by atoms with E-state index in [1.54, 1.807) is 4.68 Å². The highest BCUT2D eigenvalue weighted by Gasteiger charge is 2.20. The zero-order chi connectivity index (χ0) is 15.0. The number of nitrogens with zero attached hydrogens (tertiary/aromatic N) is 2. The van der Waals surface area contributed by atoms with Gasteiger partial charge in [0.15, 0.2) is 5.78 Å². The van der Waals surface area contributed by atoms with Crippen molar-refractivity contribution in [3.05, 3.63) is 45.2 Å². The van der Waals surface area contributed by atoms with Gasteiger partial charge in [0, 0.05) is 24.8 Å². The molecule has 2 aromatic rings. The molecule has 1 aromatic carbocycles. The number of anilines is 1. The number of nitrogens with one attached hydrogen (secondary N) is 1. The van der Waals surface area contributed by atoms with E-state index in [4.69, 9.17) is 0 Å². The number of carbonyl (C=O) groups is 1. The average molecular weight is 348 g/mol. The molecule has 0 amide bonds. The summed E-state index contributed by atoms with van der Waals surface area (Å²) in [6.07, 6.45) is 2.41. The number of carbonyl (C=O) groups excluding carboxylic acids is 1. The number of Topliss-reactive ketones (excluding diaryl/α,β-unsaturated/α-hetero) is 1. The number of ketones is 1. The molecule has 0 saturated carbocycles. The fourth-order valence-corrected chi connectivity index (χ4v) is 3.37. The molecule has 0 atom stereocenters. The molecule has 1 aromatic heterocycles. The van der Waals surface area contributed by atoms with Crippen LogP contribution in [0.2, 0.25) is 0 Å². The first-order valence-electron chi connectivity index (χ1n) is 7.15.